The number of amides is 1. The Hall–Kier alpha value is -4.45. The van der Waals surface area contributed by atoms with E-state index in [2.05, 4.69) is 10.6 Å². The standard InChI is InChI=1S/C29H28N2O4/c32-29(21-30-24-11-7-16-28(19-24)35-22-23-9-3-1-4-10-23)31-25-12-8-15-27(20-25)34-18-17-33-26-13-5-2-6-14-26/h1-16,19-20,30H,17-18,21-22H2,(H,31,32). The van der Waals surface area contributed by atoms with Crippen LogP contribution in [-0.4, -0.2) is 25.7 Å². The van der Waals surface area contributed by atoms with Gasteiger partial charge in [0.1, 0.15) is 37.1 Å². The van der Waals surface area contributed by atoms with Crippen molar-refractivity contribution in [3.05, 3.63) is 115 Å². The van der Waals surface area contributed by atoms with Crippen molar-refractivity contribution >= 4 is 17.3 Å². The van der Waals surface area contributed by atoms with Gasteiger partial charge in [0.15, 0.2) is 0 Å². The number of carbonyl (C=O) groups is 1. The van der Waals surface area contributed by atoms with Crippen LogP contribution < -0.4 is 24.8 Å². The van der Waals surface area contributed by atoms with E-state index in [1.807, 2.05) is 103 Å². The number of carbonyl (C=O) groups excluding carboxylic acids is 1. The molecule has 0 atom stereocenters. The van der Waals surface area contributed by atoms with Gasteiger partial charge < -0.3 is 24.8 Å². The number of ether oxygens (including phenoxy) is 3. The van der Waals surface area contributed by atoms with Gasteiger partial charge >= 0.3 is 0 Å². The minimum absolute atomic E-state index is 0.123. The molecule has 0 heterocycles. The summed E-state index contributed by atoms with van der Waals surface area (Å²) >= 11 is 0. The number of para-hydroxylation sites is 1. The quantitative estimate of drug-likeness (QED) is 0.258. The highest BCUT2D eigenvalue weighted by Crippen LogP contribution is 2.20. The van der Waals surface area contributed by atoms with E-state index in [1.165, 1.54) is 0 Å². The van der Waals surface area contributed by atoms with Crippen LogP contribution in [0, 0.1) is 0 Å². The van der Waals surface area contributed by atoms with Crippen molar-refractivity contribution in [2.24, 2.45) is 0 Å². The van der Waals surface area contributed by atoms with Gasteiger partial charge in [-0.15, -0.1) is 0 Å². The molecule has 0 saturated carbocycles. The summed E-state index contributed by atoms with van der Waals surface area (Å²) in [5, 5.41) is 6.02. The molecular formula is C29H28N2O4. The van der Waals surface area contributed by atoms with Gasteiger partial charge in [-0.1, -0.05) is 60.7 Å². The van der Waals surface area contributed by atoms with Gasteiger partial charge in [0.05, 0.1) is 6.54 Å². The molecule has 0 aliphatic rings. The summed E-state index contributed by atoms with van der Waals surface area (Å²) in [4.78, 5) is 12.4. The fraction of sp³-hybridized carbons (Fsp3) is 0.138. The largest absolute Gasteiger partial charge is 0.490 e. The Kier molecular flexibility index (Phi) is 8.60. The number of hydrogen-bond acceptors (Lipinski definition) is 5. The lowest BCUT2D eigenvalue weighted by Gasteiger charge is -2.12. The van der Waals surface area contributed by atoms with Crippen molar-refractivity contribution in [3.63, 3.8) is 0 Å². The average Bonchev–Trinajstić information content (AvgIpc) is 2.90. The third-order valence-electron chi connectivity index (χ3n) is 5.02. The lowest BCUT2D eigenvalue weighted by molar-refractivity contribution is -0.114. The number of benzene rings is 4. The van der Waals surface area contributed by atoms with Gasteiger partial charge in [-0.2, -0.15) is 0 Å². The van der Waals surface area contributed by atoms with Crippen molar-refractivity contribution in [1.82, 2.24) is 0 Å². The second kappa shape index (κ2) is 12.7. The molecule has 1 amide bonds. The maximum atomic E-state index is 12.4. The lowest BCUT2D eigenvalue weighted by Crippen LogP contribution is -2.21. The maximum Gasteiger partial charge on any atom is 0.243 e. The van der Waals surface area contributed by atoms with Crippen molar-refractivity contribution in [1.29, 1.82) is 0 Å². The smallest absolute Gasteiger partial charge is 0.243 e. The number of rotatable bonds is 12. The highest BCUT2D eigenvalue weighted by atomic mass is 16.5. The van der Waals surface area contributed by atoms with Crippen LogP contribution in [0.2, 0.25) is 0 Å². The highest BCUT2D eigenvalue weighted by Gasteiger charge is 2.05. The molecule has 4 aromatic carbocycles. The zero-order valence-corrected chi connectivity index (χ0v) is 19.4. The first-order valence-corrected chi connectivity index (χ1v) is 11.5. The van der Waals surface area contributed by atoms with Crippen LogP contribution in [0.3, 0.4) is 0 Å². The number of nitrogens with one attached hydrogen (secondary N) is 2. The van der Waals surface area contributed by atoms with Crippen LogP contribution in [0.25, 0.3) is 0 Å². The molecule has 0 aliphatic heterocycles. The molecule has 4 aromatic rings. The van der Waals surface area contributed by atoms with Gasteiger partial charge in [0.25, 0.3) is 0 Å². The van der Waals surface area contributed by atoms with Crippen LogP contribution in [0.1, 0.15) is 5.56 Å². The molecule has 35 heavy (non-hydrogen) atoms. The van der Waals surface area contributed by atoms with Gasteiger partial charge in [-0.05, 0) is 42.0 Å². The normalized spacial score (nSPS) is 10.3. The maximum absolute atomic E-state index is 12.4. The zero-order valence-electron chi connectivity index (χ0n) is 19.4. The van der Waals surface area contributed by atoms with Crippen molar-refractivity contribution in [2.75, 3.05) is 30.4 Å². The topological polar surface area (TPSA) is 68.8 Å². The summed E-state index contributed by atoms with van der Waals surface area (Å²) in [6, 6.07) is 34.4. The second-order valence-electron chi connectivity index (χ2n) is 7.74. The van der Waals surface area contributed by atoms with E-state index in [0.29, 0.717) is 31.3 Å². The van der Waals surface area contributed by atoms with E-state index >= 15 is 0 Å². The minimum Gasteiger partial charge on any atom is -0.490 e. The third-order valence-corrected chi connectivity index (χ3v) is 5.02. The number of anilines is 2. The molecule has 6 nitrogen and oxygen atoms in total. The molecule has 0 fully saturated rings. The summed E-state index contributed by atoms with van der Waals surface area (Å²) in [5.74, 6) is 2.04. The van der Waals surface area contributed by atoms with Crippen molar-refractivity contribution in [2.45, 2.75) is 6.61 Å². The molecule has 4 rings (SSSR count). The Morgan fingerprint density at radius 3 is 1.91 bits per heavy atom. The van der Waals surface area contributed by atoms with Crippen LogP contribution in [-0.2, 0) is 11.4 Å². The summed E-state index contributed by atoms with van der Waals surface area (Å²) in [6.45, 7) is 1.44. The van der Waals surface area contributed by atoms with E-state index < -0.39 is 0 Å². The van der Waals surface area contributed by atoms with Crippen molar-refractivity contribution in [3.8, 4) is 17.2 Å². The summed E-state index contributed by atoms with van der Waals surface area (Å²) in [6.07, 6.45) is 0. The summed E-state index contributed by atoms with van der Waals surface area (Å²) < 4.78 is 17.2. The molecule has 0 spiro atoms. The van der Waals surface area contributed by atoms with Crippen LogP contribution >= 0.6 is 0 Å². The predicted molar refractivity (Wildman–Crippen MR) is 138 cm³/mol. The first-order valence-electron chi connectivity index (χ1n) is 11.5. The molecule has 178 valence electrons. The van der Waals surface area contributed by atoms with Gasteiger partial charge in [-0.25, -0.2) is 0 Å². The van der Waals surface area contributed by atoms with Crippen LogP contribution in [0.15, 0.2) is 109 Å². The molecule has 0 radical (unpaired) electrons. The van der Waals surface area contributed by atoms with E-state index in [-0.39, 0.29) is 12.5 Å². The molecule has 0 aliphatic carbocycles. The zero-order chi connectivity index (χ0) is 24.1. The Bertz CT molecular complexity index is 1200. The molecular weight excluding hydrogens is 440 g/mol. The molecule has 0 unspecified atom stereocenters. The van der Waals surface area contributed by atoms with E-state index in [0.717, 1.165) is 22.7 Å². The molecule has 6 heteroatoms. The first-order chi connectivity index (χ1) is 17.2. The fourth-order valence-electron chi connectivity index (χ4n) is 3.32. The van der Waals surface area contributed by atoms with Crippen LogP contribution in [0.4, 0.5) is 11.4 Å². The Morgan fingerprint density at radius 1 is 0.600 bits per heavy atom. The molecule has 0 bridgehead atoms. The Balaban J connectivity index is 1.20. The SMILES string of the molecule is O=C(CNc1cccc(OCc2ccccc2)c1)Nc1cccc(OCCOc2ccccc2)c1. The summed E-state index contributed by atoms with van der Waals surface area (Å²) in [5.41, 5.74) is 2.57. The van der Waals surface area contributed by atoms with E-state index in [1.54, 1.807) is 6.07 Å². The third kappa shape index (κ3) is 8.12. The molecule has 0 aromatic heterocycles. The predicted octanol–water partition coefficient (Wildman–Crippen LogP) is 5.77. The fourth-order valence-corrected chi connectivity index (χ4v) is 3.32. The van der Waals surface area contributed by atoms with Gasteiger partial charge in [0.2, 0.25) is 5.91 Å². The van der Waals surface area contributed by atoms with Gasteiger partial charge in [-0.3, -0.25) is 4.79 Å². The van der Waals surface area contributed by atoms with Crippen LogP contribution in [0.5, 0.6) is 17.2 Å². The average molecular weight is 469 g/mol. The van der Waals surface area contributed by atoms with Crippen molar-refractivity contribution < 1.29 is 19.0 Å². The monoisotopic (exact) mass is 468 g/mol. The molecule has 0 saturated heterocycles. The first kappa shape index (κ1) is 23.7. The lowest BCUT2D eigenvalue weighted by atomic mass is 10.2. The number of hydrogen-bond donors (Lipinski definition) is 2. The molecule has 2 N–H and O–H groups in total. The second-order valence-corrected chi connectivity index (χ2v) is 7.74. The minimum atomic E-state index is -0.162. The summed E-state index contributed by atoms with van der Waals surface area (Å²) in [7, 11) is 0. The van der Waals surface area contributed by atoms with Gasteiger partial charge in [0, 0.05) is 23.5 Å². The van der Waals surface area contributed by atoms with E-state index in [4.69, 9.17) is 14.2 Å². The van der Waals surface area contributed by atoms with E-state index in [9.17, 15) is 4.79 Å². The highest BCUT2D eigenvalue weighted by molar-refractivity contribution is 5.93. The Morgan fingerprint density at radius 2 is 1.17 bits per heavy atom. The Labute approximate surface area is 205 Å².